The van der Waals surface area contributed by atoms with Crippen molar-refractivity contribution in [2.24, 2.45) is 0 Å². The molecule has 0 saturated carbocycles. The molecule has 0 fully saturated rings. The maximum absolute atomic E-state index is 13.3. The van der Waals surface area contributed by atoms with Crippen molar-refractivity contribution in [1.29, 1.82) is 0 Å². The van der Waals surface area contributed by atoms with Crippen molar-refractivity contribution in [3.05, 3.63) is 63.7 Å². The van der Waals surface area contributed by atoms with Crippen LogP contribution in [-0.4, -0.2) is 18.5 Å². The maximum Gasteiger partial charge on any atom is 0.350 e. The second kappa shape index (κ2) is 7.85. The van der Waals surface area contributed by atoms with Gasteiger partial charge in [-0.2, -0.15) is 0 Å². The predicted molar refractivity (Wildman–Crippen MR) is 102 cm³/mol. The standard InChI is InChI=1S/C19H15ClFNO3S/c1-2-11-3-6-13(7-4-11)22-16(23)10-25-19(24)18-17(20)14-8-5-12(21)9-15(14)26-18/h3-9H,2,10H2,1H3,(H,22,23). The van der Waals surface area contributed by atoms with Crippen molar-refractivity contribution < 1.29 is 18.7 Å². The average Bonchev–Trinajstić information content (AvgIpc) is 2.96. The van der Waals surface area contributed by atoms with Gasteiger partial charge in [0.1, 0.15) is 10.7 Å². The lowest BCUT2D eigenvalue weighted by molar-refractivity contribution is -0.119. The SMILES string of the molecule is CCc1ccc(NC(=O)COC(=O)c2sc3cc(F)ccc3c2Cl)cc1. The Bertz CT molecular complexity index is 969. The van der Waals surface area contributed by atoms with E-state index in [0.717, 1.165) is 23.3 Å². The fourth-order valence-corrected chi connectivity index (χ4v) is 3.81. The summed E-state index contributed by atoms with van der Waals surface area (Å²) in [4.78, 5) is 24.3. The summed E-state index contributed by atoms with van der Waals surface area (Å²) in [6.07, 6.45) is 0.908. The summed E-state index contributed by atoms with van der Waals surface area (Å²) in [5.41, 5.74) is 1.78. The van der Waals surface area contributed by atoms with Crippen molar-refractivity contribution in [3.63, 3.8) is 0 Å². The molecule has 0 spiro atoms. The van der Waals surface area contributed by atoms with Crippen LogP contribution in [0.3, 0.4) is 0 Å². The first-order valence-electron chi connectivity index (χ1n) is 7.91. The highest BCUT2D eigenvalue weighted by Crippen LogP contribution is 2.36. The quantitative estimate of drug-likeness (QED) is 0.619. The summed E-state index contributed by atoms with van der Waals surface area (Å²) in [5, 5.41) is 3.43. The lowest BCUT2D eigenvalue weighted by atomic mass is 10.1. The normalized spacial score (nSPS) is 10.7. The van der Waals surface area contributed by atoms with E-state index >= 15 is 0 Å². The number of amides is 1. The van der Waals surface area contributed by atoms with Gasteiger partial charge in [0.05, 0.1) is 5.02 Å². The van der Waals surface area contributed by atoms with Crippen LogP contribution < -0.4 is 5.32 Å². The Morgan fingerprint density at radius 1 is 1.19 bits per heavy atom. The van der Waals surface area contributed by atoms with E-state index in [0.29, 0.717) is 15.8 Å². The van der Waals surface area contributed by atoms with Gasteiger partial charge in [-0.15, -0.1) is 11.3 Å². The third-order valence-electron chi connectivity index (χ3n) is 3.76. The summed E-state index contributed by atoms with van der Waals surface area (Å²) >= 11 is 7.19. The van der Waals surface area contributed by atoms with Gasteiger partial charge >= 0.3 is 5.97 Å². The van der Waals surface area contributed by atoms with Crippen molar-refractivity contribution >= 4 is 50.6 Å². The first kappa shape index (κ1) is 18.4. The van der Waals surface area contributed by atoms with E-state index in [1.165, 1.54) is 18.2 Å². The molecule has 0 radical (unpaired) electrons. The molecule has 134 valence electrons. The van der Waals surface area contributed by atoms with Crippen molar-refractivity contribution in [1.82, 2.24) is 0 Å². The minimum absolute atomic E-state index is 0.146. The summed E-state index contributed by atoms with van der Waals surface area (Å²) in [5.74, 6) is -1.58. The Balaban J connectivity index is 1.63. The Morgan fingerprint density at radius 3 is 2.62 bits per heavy atom. The number of hydrogen-bond acceptors (Lipinski definition) is 4. The van der Waals surface area contributed by atoms with Crippen LogP contribution in [0.2, 0.25) is 5.02 Å². The van der Waals surface area contributed by atoms with Crippen LogP contribution in [0.4, 0.5) is 10.1 Å². The minimum Gasteiger partial charge on any atom is -0.451 e. The molecule has 1 aromatic heterocycles. The van der Waals surface area contributed by atoms with E-state index < -0.39 is 24.3 Å². The van der Waals surface area contributed by atoms with Gasteiger partial charge in [0.25, 0.3) is 5.91 Å². The van der Waals surface area contributed by atoms with Crippen LogP contribution >= 0.6 is 22.9 Å². The van der Waals surface area contributed by atoms with Crippen LogP contribution in [0.5, 0.6) is 0 Å². The number of fused-ring (bicyclic) bond motifs is 1. The Kier molecular flexibility index (Phi) is 5.54. The molecule has 1 heterocycles. The first-order chi connectivity index (χ1) is 12.5. The van der Waals surface area contributed by atoms with Crippen molar-refractivity contribution in [3.8, 4) is 0 Å². The fraction of sp³-hybridized carbons (Fsp3) is 0.158. The number of ether oxygens (including phenoxy) is 1. The number of nitrogens with one attached hydrogen (secondary N) is 1. The molecule has 0 aliphatic rings. The number of carbonyl (C=O) groups is 2. The lowest BCUT2D eigenvalue weighted by Gasteiger charge is -2.07. The van der Waals surface area contributed by atoms with Crippen LogP contribution in [-0.2, 0) is 16.0 Å². The molecule has 7 heteroatoms. The second-order valence-corrected chi connectivity index (χ2v) is 6.99. The van der Waals surface area contributed by atoms with Gasteiger partial charge in [0.15, 0.2) is 6.61 Å². The molecular weight excluding hydrogens is 377 g/mol. The van der Waals surface area contributed by atoms with Gasteiger partial charge in [-0.1, -0.05) is 30.7 Å². The van der Waals surface area contributed by atoms with E-state index in [4.69, 9.17) is 16.3 Å². The zero-order valence-electron chi connectivity index (χ0n) is 13.8. The first-order valence-corrected chi connectivity index (χ1v) is 9.11. The van der Waals surface area contributed by atoms with Crippen LogP contribution in [0.1, 0.15) is 22.2 Å². The number of anilines is 1. The zero-order chi connectivity index (χ0) is 18.7. The number of rotatable bonds is 5. The summed E-state index contributed by atoms with van der Waals surface area (Å²) in [7, 11) is 0. The molecule has 0 aliphatic carbocycles. The van der Waals surface area contributed by atoms with Gasteiger partial charge in [0, 0.05) is 15.8 Å². The number of halogens is 2. The van der Waals surface area contributed by atoms with Gasteiger partial charge in [0.2, 0.25) is 0 Å². The van der Waals surface area contributed by atoms with E-state index in [1.54, 1.807) is 12.1 Å². The number of aryl methyl sites for hydroxylation is 1. The average molecular weight is 392 g/mol. The molecular formula is C19H15ClFNO3S. The second-order valence-electron chi connectivity index (χ2n) is 5.56. The third kappa shape index (κ3) is 4.03. The summed E-state index contributed by atoms with van der Waals surface area (Å²) in [6.45, 7) is 1.61. The van der Waals surface area contributed by atoms with Crippen LogP contribution in [0, 0.1) is 5.82 Å². The molecule has 0 saturated heterocycles. The zero-order valence-corrected chi connectivity index (χ0v) is 15.4. The highest BCUT2D eigenvalue weighted by Gasteiger charge is 2.19. The Hall–Kier alpha value is -2.44. The van der Waals surface area contributed by atoms with Gasteiger partial charge < -0.3 is 10.1 Å². The predicted octanol–water partition coefficient (Wildman–Crippen LogP) is 5.05. The molecule has 4 nitrogen and oxygen atoms in total. The molecule has 0 aliphatic heterocycles. The van der Waals surface area contributed by atoms with Gasteiger partial charge in [-0.25, -0.2) is 9.18 Å². The topological polar surface area (TPSA) is 55.4 Å². The van der Waals surface area contributed by atoms with E-state index in [2.05, 4.69) is 5.32 Å². The number of carbonyl (C=O) groups excluding carboxylic acids is 2. The lowest BCUT2D eigenvalue weighted by Crippen LogP contribution is -2.20. The van der Waals surface area contributed by atoms with Crippen LogP contribution in [0.15, 0.2) is 42.5 Å². The monoisotopic (exact) mass is 391 g/mol. The number of esters is 1. The van der Waals surface area contributed by atoms with Gasteiger partial charge in [-0.3, -0.25) is 4.79 Å². The molecule has 2 aromatic carbocycles. The third-order valence-corrected chi connectivity index (χ3v) is 5.39. The molecule has 0 bridgehead atoms. The minimum atomic E-state index is -0.715. The highest BCUT2D eigenvalue weighted by atomic mass is 35.5. The molecule has 1 amide bonds. The maximum atomic E-state index is 13.3. The van der Waals surface area contributed by atoms with E-state index in [9.17, 15) is 14.0 Å². The summed E-state index contributed by atoms with van der Waals surface area (Å²) < 4.78 is 18.9. The van der Waals surface area contributed by atoms with E-state index in [-0.39, 0.29) is 9.90 Å². The molecule has 3 aromatic rings. The Labute approximate surface area is 158 Å². The van der Waals surface area contributed by atoms with Gasteiger partial charge in [-0.05, 0) is 42.3 Å². The van der Waals surface area contributed by atoms with Crippen molar-refractivity contribution in [2.75, 3.05) is 11.9 Å². The summed E-state index contributed by atoms with van der Waals surface area (Å²) in [6, 6.07) is 11.5. The molecule has 26 heavy (non-hydrogen) atoms. The molecule has 0 atom stereocenters. The highest BCUT2D eigenvalue weighted by molar-refractivity contribution is 7.21. The fourth-order valence-electron chi connectivity index (χ4n) is 2.39. The van der Waals surface area contributed by atoms with Crippen molar-refractivity contribution in [2.45, 2.75) is 13.3 Å². The number of thiophene rings is 1. The molecule has 1 N–H and O–H groups in total. The molecule has 0 unspecified atom stereocenters. The number of benzene rings is 2. The number of hydrogen-bond donors (Lipinski definition) is 1. The molecule has 3 rings (SSSR count). The van der Waals surface area contributed by atoms with E-state index in [1.807, 2.05) is 19.1 Å². The van der Waals surface area contributed by atoms with Crippen LogP contribution in [0.25, 0.3) is 10.1 Å². The largest absolute Gasteiger partial charge is 0.451 e. The Morgan fingerprint density at radius 2 is 1.92 bits per heavy atom. The smallest absolute Gasteiger partial charge is 0.350 e.